The first-order valence-corrected chi connectivity index (χ1v) is 7.35. The van der Waals surface area contributed by atoms with Crippen LogP contribution in [0.15, 0.2) is 18.2 Å². The highest BCUT2D eigenvalue weighted by Crippen LogP contribution is 2.30. The molecule has 3 nitrogen and oxygen atoms in total. The SMILES string of the molecule is Cn1c(CC2(N)CCCCC2)nc2ccc(Cl)cc21. The first-order chi connectivity index (χ1) is 9.07. The third-order valence-corrected chi connectivity index (χ3v) is 4.53. The van der Waals surface area contributed by atoms with Crippen LogP contribution in [0, 0.1) is 0 Å². The molecule has 1 aromatic carbocycles. The molecule has 1 aliphatic rings. The lowest BCUT2D eigenvalue weighted by molar-refractivity contribution is 0.288. The van der Waals surface area contributed by atoms with E-state index in [1.807, 2.05) is 25.2 Å². The highest BCUT2D eigenvalue weighted by atomic mass is 35.5. The summed E-state index contributed by atoms with van der Waals surface area (Å²) in [7, 11) is 2.05. The van der Waals surface area contributed by atoms with Crippen molar-refractivity contribution in [1.29, 1.82) is 0 Å². The van der Waals surface area contributed by atoms with Gasteiger partial charge in [-0.25, -0.2) is 4.98 Å². The summed E-state index contributed by atoms with van der Waals surface area (Å²) in [4.78, 5) is 4.72. The monoisotopic (exact) mass is 277 g/mol. The van der Waals surface area contributed by atoms with Crippen LogP contribution in [-0.2, 0) is 13.5 Å². The van der Waals surface area contributed by atoms with Gasteiger partial charge in [0, 0.05) is 24.0 Å². The van der Waals surface area contributed by atoms with Crippen LogP contribution in [0.1, 0.15) is 37.9 Å². The smallest absolute Gasteiger partial charge is 0.111 e. The molecule has 102 valence electrons. The fourth-order valence-electron chi connectivity index (χ4n) is 3.12. The van der Waals surface area contributed by atoms with Crippen molar-refractivity contribution in [2.75, 3.05) is 0 Å². The van der Waals surface area contributed by atoms with Crippen molar-refractivity contribution in [3.63, 3.8) is 0 Å². The van der Waals surface area contributed by atoms with Crippen LogP contribution in [0.25, 0.3) is 11.0 Å². The van der Waals surface area contributed by atoms with Crippen molar-refractivity contribution in [3.8, 4) is 0 Å². The molecule has 4 heteroatoms. The number of aryl methyl sites for hydroxylation is 1. The standard InChI is InChI=1S/C15H20ClN3/c1-19-13-9-11(16)5-6-12(13)18-14(19)10-15(17)7-3-2-4-8-15/h5-6,9H,2-4,7-8,10,17H2,1H3. The van der Waals surface area contributed by atoms with E-state index in [1.165, 1.54) is 19.3 Å². The van der Waals surface area contributed by atoms with Gasteiger partial charge in [0.1, 0.15) is 5.82 Å². The molecule has 19 heavy (non-hydrogen) atoms. The number of nitrogens with zero attached hydrogens (tertiary/aromatic N) is 2. The normalized spacial score (nSPS) is 18.9. The predicted octanol–water partition coefficient (Wildman–Crippen LogP) is 3.43. The second-order valence-electron chi connectivity index (χ2n) is 5.82. The van der Waals surface area contributed by atoms with Gasteiger partial charge in [0.15, 0.2) is 0 Å². The highest BCUT2D eigenvalue weighted by Gasteiger charge is 2.29. The first-order valence-electron chi connectivity index (χ1n) is 6.97. The Balaban J connectivity index is 1.94. The zero-order valence-electron chi connectivity index (χ0n) is 11.3. The number of nitrogens with two attached hydrogens (primary N) is 1. The maximum Gasteiger partial charge on any atom is 0.111 e. The summed E-state index contributed by atoms with van der Waals surface area (Å²) < 4.78 is 2.13. The molecule has 1 aliphatic carbocycles. The predicted molar refractivity (Wildman–Crippen MR) is 79.4 cm³/mol. The van der Waals surface area contributed by atoms with Gasteiger partial charge in [0.05, 0.1) is 11.0 Å². The Bertz CT molecular complexity index is 597. The molecule has 0 aliphatic heterocycles. The van der Waals surface area contributed by atoms with Crippen LogP contribution in [-0.4, -0.2) is 15.1 Å². The maximum absolute atomic E-state index is 6.53. The highest BCUT2D eigenvalue weighted by molar-refractivity contribution is 6.31. The van der Waals surface area contributed by atoms with Crippen molar-refractivity contribution in [1.82, 2.24) is 9.55 Å². The van der Waals surface area contributed by atoms with E-state index in [0.29, 0.717) is 0 Å². The zero-order valence-corrected chi connectivity index (χ0v) is 12.1. The van der Waals surface area contributed by atoms with Gasteiger partial charge < -0.3 is 10.3 Å². The van der Waals surface area contributed by atoms with Gasteiger partial charge in [0.2, 0.25) is 0 Å². The van der Waals surface area contributed by atoms with Crippen LogP contribution >= 0.6 is 11.6 Å². The Morgan fingerprint density at radius 1 is 1.32 bits per heavy atom. The molecule has 0 spiro atoms. The summed E-state index contributed by atoms with van der Waals surface area (Å²) in [5.74, 6) is 1.07. The molecule has 2 aromatic rings. The number of imidazole rings is 1. The summed E-state index contributed by atoms with van der Waals surface area (Å²) in [6, 6.07) is 5.84. The molecule has 1 fully saturated rings. The van der Waals surface area contributed by atoms with E-state index < -0.39 is 0 Å². The molecule has 2 N–H and O–H groups in total. The van der Waals surface area contributed by atoms with Gasteiger partial charge in [-0.1, -0.05) is 30.9 Å². The molecule has 0 unspecified atom stereocenters. The largest absolute Gasteiger partial charge is 0.331 e. The third-order valence-electron chi connectivity index (χ3n) is 4.30. The number of halogens is 1. The van der Waals surface area contributed by atoms with Gasteiger partial charge in [-0.3, -0.25) is 0 Å². The van der Waals surface area contributed by atoms with Gasteiger partial charge in [-0.2, -0.15) is 0 Å². The Hall–Kier alpha value is -1.06. The van der Waals surface area contributed by atoms with E-state index in [-0.39, 0.29) is 5.54 Å². The molecule has 0 saturated heterocycles. The Labute approximate surface area is 118 Å². The van der Waals surface area contributed by atoms with Gasteiger partial charge >= 0.3 is 0 Å². The summed E-state index contributed by atoms with van der Waals surface area (Å²) in [6.45, 7) is 0. The van der Waals surface area contributed by atoms with E-state index in [2.05, 4.69) is 4.57 Å². The summed E-state index contributed by atoms with van der Waals surface area (Å²) in [5.41, 5.74) is 8.55. The second kappa shape index (κ2) is 4.80. The molecular formula is C15H20ClN3. The number of rotatable bonds is 2. The van der Waals surface area contributed by atoms with Crippen molar-refractivity contribution in [3.05, 3.63) is 29.0 Å². The van der Waals surface area contributed by atoms with E-state index in [0.717, 1.165) is 41.1 Å². The summed E-state index contributed by atoms with van der Waals surface area (Å²) in [6.07, 6.45) is 6.87. The molecule has 0 radical (unpaired) electrons. The minimum atomic E-state index is -0.0722. The van der Waals surface area contributed by atoms with Crippen molar-refractivity contribution < 1.29 is 0 Å². The van der Waals surface area contributed by atoms with Crippen LogP contribution in [0.2, 0.25) is 5.02 Å². The minimum absolute atomic E-state index is 0.0722. The quantitative estimate of drug-likeness (QED) is 0.914. The molecular weight excluding hydrogens is 258 g/mol. The molecule has 3 rings (SSSR count). The number of hydrogen-bond acceptors (Lipinski definition) is 2. The molecule has 1 aromatic heterocycles. The van der Waals surface area contributed by atoms with Gasteiger partial charge in [-0.05, 0) is 31.0 Å². The van der Waals surface area contributed by atoms with E-state index in [4.69, 9.17) is 22.3 Å². The topological polar surface area (TPSA) is 43.8 Å². The Kier molecular flexibility index (Phi) is 3.27. The lowest BCUT2D eigenvalue weighted by Crippen LogP contribution is -2.44. The molecule has 1 heterocycles. The number of benzene rings is 1. The zero-order chi connectivity index (χ0) is 13.5. The fourth-order valence-corrected chi connectivity index (χ4v) is 3.28. The lowest BCUT2D eigenvalue weighted by Gasteiger charge is -2.33. The van der Waals surface area contributed by atoms with Crippen LogP contribution in [0.5, 0.6) is 0 Å². The van der Waals surface area contributed by atoms with Gasteiger partial charge in [0.25, 0.3) is 0 Å². The number of fused-ring (bicyclic) bond motifs is 1. The van der Waals surface area contributed by atoms with Crippen LogP contribution in [0.4, 0.5) is 0 Å². The number of hydrogen-bond donors (Lipinski definition) is 1. The van der Waals surface area contributed by atoms with E-state index >= 15 is 0 Å². The average Bonchev–Trinajstić information content (AvgIpc) is 2.67. The van der Waals surface area contributed by atoms with E-state index in [9.17, 15) is 0 Å². The maximum atomic E-state index is 6.53. The second-order valence-corrected chi connectivity index (χ2v) is 6.26. The molecule has 1 saturated carbocycles. The molecule has 0 bridgehead atoms. The Morgan fingerprint density at radius 2 is 2.05 bits per heavy atom. The summed E-state index contributed by atoms with van der Waals surface area (Å²) >= 11 is 6.05. The first kappa shape index (κ1) is 12.9. The minimum Gasteiger partial charge on any atom is -0.331 e. The molecule has 0 atom stereocenters. The van der Waals surface area contributed by atoms with Crippen LogP contribution < -0.4 is 5.73 Å². The average molecular weight is 278 g/mol. The lowest BCUT2D eigenvalue weighted by atomic mass is 9.80. The summed E-state index contributed by atoms with van der Waals surface area (Å²) in [5, 5.41) is 0.752. The Morgan fingerprint density at radius 3 is 2.79 bits per heavy atom. The van der Waals surface area contributed by atoms with Crippen molar-refractivity contribution in [2.24, 2.45) is 12.8 Å². The fraction of sp³-hybridized carbons (Fsp3) is 0.533. The van der Waals surface area contributed by atoms with Crippen molar-refractivity contribution in [2.45, 2.75) is 44.1 Å². The number of aromatic nitrogens is 2. The van der Waals surface area contributed by atoms with E-state index in [1.54, 1.807) is 0 Å². The van der Waals surface area contributed by atoms with Crippen molar-refractivity contribution >= 4 is 22.6 Å². The van der Waals surface area contributed by atoms with Gasteiger partial charge in [-0.15, -0.1) is 0 Å². The molecule has 0 amide bonds. The third kappa shape index (κ3) is 2.49. The van der Waals surface area contributed by atoms with Crippen LogP contribution in [0.3, 0.4) is 0 Å².